The van der Waals surface area contributed by atoms with Crippen LogP contribution in [0.3, 0.4) is 0 Å². The Labute approximate surface area is 106 Å². The second-order valence-corrected chi connectivity index (χ2v) is 4.65. The van der Waals surface area contributed by atoms with Crippen LogP contribution in [0.5, 0.6) is 0 Å². The van der Waals surface area contributed by atoms with Gasteiger partial charge in [0.25, 0.3) is 11.7 Å². The summed E-state index contributed by atoms with van der Waals surface area (Å²) in [7, 11) is 0. The van der Waals surface area contributed by atoms with E-state index < -0.39 is 11.7 Å². The van der Waals surface area contributed by atoms with Gasteiger partial charge in [0.1, 0.15) is 0 Å². The van der Waals surface area contributed by atoms with Crippen molar-refractivity contribution in [1.82, 2.24) is 0 Å². The number of Topliss-reactive ketones (excluding diaryl/α,β-unsaturated/α-hetero) is 1. The molecule has 2 rings (SSSR count). The molecule has 0 bridgehead atoms. The van der Waals surface area contributed by atoms with Crippen LogP contribution < -0.4 is 4.90 Å². The summed E-state index contributed by atoms with van der Waals surface area (Å²) in [6.45, 7) is 0.555. The van der Waals surface area contributed by atoms with Crippen LogP contribution >= 0.6 is 34.2 Å². The first kappa shape index (κ1) is 10.9. The largest absolute Gasteiger partial charge is 0.304 e. The van der Waals surface area contributed by atoms with Crippen molar-refractivity contribution in [3.05, 3.63) is 28.8 Å². The second kappa shape index (κ2) is 4.09. The molecule has 1 aliphatic heterocycles. The zero-order valence-corrected chi connectivity index (χ0v) is 10.6. The van der Waals surface area contributed by atoms with E-state index in [0.717, 1.165) is 4.43 Å². The molecule has 1 aromatic rings. The minimum atomic E-state index is -0.461. The lowest BCUT2D eigenvalue weighted by Crippen LogP contribution is -2.31. The highest BCUT2D eigenvalue weighted by molar-refractivity contribution is 14.1. The SMILES string of the molecule is O=C1C(=O)N(CCI)c2ccc(Cl)cc21. The number of halogens is 2. The van der Waals surface area contributed by atoms with Crippen molar-refractivity contribution >= 4 is 51.6 Å². The summed E-state index contributed by atoms with van der Waals surface area (Å²) < 4.78 is 0.791. The first-order chi connectivity index (χ1) is 7.15. The predicted octanol–water partition coefficient (Wildman–Crippen LogP) is 2.30. The average Bonchev–Trinajstić information content (AvgIpc) is 2.44. The lowest BCUT2D eigenvalue weighted by Gasteiger charge is -2.14. The normalized spacial score (nSPS) is 14.7. The molecular formula is C10H7ClINO2. The fourth-order valence-electron chi connectivity index (χ4n) is 1.58. The Balaban J connectivity index is 2.50. The van der Waals surface area contributed by atoms with Crippen molar-refractivity contribution in [3.63, 3.8) is 0 Å². The predicted molar refractivity (Wildman–Crippen MR) is 67.0 cm³/mol. The molecule has 0 fully saturated rings. The maximum absolute atomic E-state index is 11.6. The molecule has 1 amide bonds. The van der Waals surface area contributed by atoms with Crippen LogP contribution in [0, 0.1) is 0 Å². The smallest absolute Gasteiger partial charge is 0.299 e. The van der Waals surface area contributed by atoms with Gasteiger partial charge >= 0.3 is 0 Å². The highest BCUT2D eigenvalue weighted by Gasteiger charge is 2.35. The van der Waals surface area contributed by atoms with Gasteiger partial charge in [0, 0.05) is 16.0 Å². The average molecular weight is 336 g/mol. The molecular weight excluding hydrogens is 328 g/mol. The van der Waals surface area contributed by atoms with Gasteiger partial charge in [-0.2, -0.15) is 0 Å². The minimum absolute atomic E-state index is 0.414. The quantitative estimate of drug-likeness (QED) is 0.472. The third-order valence-electron chi connectivity index (χ3n) is 2.24. The molecule has 0 aliphatic carbocycles. The van der Waals surface area contributed by atoms with E-state index >= 15 is 0 Å². The summed E-state index contributed by atoms with van der Waals surface area (Å²) in [4.78, 5) is 24.7. The molecule has 3 nitrogen and oxygen atoms in total. The number of carbonyl (C=O) groups excluding carboxylic acids is 2. The molecule has 0 unspecified atom stereocenters. The van der Waals surface area contributed by atoms with Crippen molar-refractivity contribution < 1.29 is 9.59 Å². The van der Waals surface area contributed by atoms with Crippen molar-refractivity contribution in [2.24, 2.45) is 0 Å². The number of nitrogens with zero attached hydrogens (tertiary/aromatic N) is 1. The van der Waals surface area contributed by atoms with Crippen LogP contribution in [0.15, 0.2) is 18.2 Å². The first-order valence-corrected chi connectivity index (χ1v) is 6.27. The van der Waals surface area contributed by atoms with E-state index in [1.54, 1.807) is 18.2 Å². The zero-order chi connectivity index (χ0) is 11.0. The van der Waals surface area contributed by atoms with Crippen molar-refractivity contribution in [2.45, 2.75) is 0 Å². The molecule has 0 N–H and O–H groups in total. The third kappa shape index (κ3) is 1.76. The lowest BCUT2D eigenvalue weighted by atomic mass is 10.1. The van der Waals surface area contributed by atoms with Gasteiger partial charge in [0.2, 0.25) is 0 Å². The number of hydrogen-bond acceptors (Lipinski definition) is 2. The number of ketones is 1. The molecule has 5 heteroatoms. The number of hydrogen-bond donors (Lipinski definition) is 0. The van der Waals surface area contributed by atoms with E-state index in [-0.39, 0.29) is 0 Å². The van der Waals surface area contributed by atoms with Crippen molar-refractivity contribution in [3.8, 4) is 0 Å². The molecule has 0 saturated heterocycles. The van der Waals surface area contributed by atoms with Crippen molar-refractivity contribution in [2.75, 3.05) is 15.9 Å². The van der Waals surface area contributed by atoms with Gasteiger partial charge in [-0.1, -0.05) is 34.2 Å². The highest BCUT2D eigenvalue weighted by Crippen LogP contribution is 2.30. The van der Waals surface area contributed by atoms with E-state index in [1.807, 2.05) is 0 Å². The molecule has 0 radical (unpaired) electrons. The van der Waals surface area contributed by atoms with E-state index in [1.165, 1.54) is 4.90 Å². The Hall–Kier alpha value is -0.620. The van der Waals surface area contributed by atoms with Gasteiger partial charge in [-0.25, -0.2) is 0 Å². The molecule has 0 atom stereocenters. The van der Waals surface area contributed by atoms with Gasteiger partial charge in [-0.3, -0.25) is 9.59 Å². The Bertz CT molecular complexity index is 447. The minimum Gasteiger partial charge on any atom is -0.304 e. The monoisotopic (exact) mass is 335 g/mol. The molecule has 0 spiro atoms. The lowest BCUT2D eigenvalue weighted by molar-refractivity contribution is -0.114. The van der Waals surface area contributed by atoms with E-state index in [4.69, 9.17) is 11.6 Å². The summed E-state index contributed by atoms with van der Waals surface area (Å²) in [5.74, 6) is -0.915. The van der Waals surface area contributed by atoms with E-state index in [9.17, 15) is 9.59 Å². The fraction of sp³-hybridized carbons (Fsp3) is 0.200. The van der Waals surface area contributed by atoms with Crippen molar-refractivity contribution in [1.29, 1.82) is 0 Å². The van der Waals surface area contributed by atoms with Crippen LogP contribution in [0.25, 0.3) is 0 Å². The Morgan fingerprint density at radius 1 is 1.33 bits per heavy atom. The number of benzene rings is 1. The van der Waals surface area contributed by atoms with E-state index in [2.05, 4.69) is 22.6 Å². The molecule has 1 heterocycles. The van der Waals surface area contributed by atoms with Gasteiger partial charge in [0.15, 0.2) is 0 Å². The maximum Gasteiger partial charge on any atom is 0.299 e. The first-order valence-electron chi connectivity index (χ1n) is 4.37. The highest BCUT2D eigenvalue weighted by atomic mass is 127. The summed E-state index contributed by atoms with van der Waals surface area (Å²) in [5, 5.41) is 0.478. The van der Waals surface area contributed by atoms with Gasteiger partial charge < -0.3 is 4.90 Å². The molecule has 1 aliphatic rings. The number of anilines is 1. The van der Waals surface area contributed by atoms with Gasteiger partial charge in [-0.15, -0.1) is 0 Å². The Morgan fingerprint density at radius 3 is 2.73 bits per heavy atom. The number of carbonyl (C=O) groups is 2. The zero-order valence-electron chi connectivity index (χ0n) is 7.67. The molecule has 0 saturated carbocycles. The second-order valence-electron chi connectivity index (χ2n) is 3.14. The Morgan fingerprint density at radius 2 is 2.07 bits per heavy atom. The maximum atomic E-state index is 11.6. The van der Waals surface area contributed by atoms with Crippen LogP contribution in [0.2, 0.25) is 5.02 Å². The fourth-order valence-corrected chi connectivity index (χ4v) is 2.23. The molecule has 1 aromatic carbocycles. The molecule has 78 valence electrons. The van der Waals surface area contributed by atoms with Crippen LogP contribution in [-0.4, -0.2) is 22.7 Å². The number of fused-ring (bicyclic) bond motifs is 1. The Kier molecular flexibility index (Phi) is 2.97. The summed E-state index contributed by atoms with van der Waals surface area (Å²) in [5.41, 5.74) is 1.09. The van der Waals surface area contributed by atoms with E-state index in [0.29, 0.717) is 22.8 Å². The van der Waals surface area contributed by atoms with Gasteiger partial charge in [0.05, 0.1) is 11.3 Å². The number of alkyl halides is 1. The topological polar surface area (TPSA) is 37.4 Å². The third-order valence-corrected chi connectivity index (χ3v) is 2.96. The number of amides is 1. The number of rotatable bonds is 2. The molecule has 15 heavy (non-hydrogen) atoms. The van der Waals surface area contributed by atoms with Crippen LogP contribution in [0.1, 0.15) is 10.4 Å². The summed E-state index contributed by atoms with van der Waals surface area (Å²) >= 11 is 7.95. The van der Waals surface area contributed by atoms with Crippen LogP contribution in [-0.2, 0) is 4.79 Å². The molecule has 0 aromatic heterocycles. The summed E-state index contributed by atoms with van der Waals surface area (Å²) in [6.07, 6.45) is 0. The van der Waals surface area contributed by atoms with Gasteiger partial charge in [-0.05, 0) is 18.2 Å². The standard InChI is InChI=1S/C10H7ClINO2/c11-6-1-2-8-7(5-6)9(14)10(15)13(8)4-3-12/h1-2,5H,3-4H2. The summed E-state index contributed by atoms with van der Waals surface area (Å²) in [6, 6.07) is 4.95. The van der Waals surface area contributed by atoms with Crippen LogP contribution in [0.4, 0.5) is 5.69 Å².